The summed E-state index contributed by atoms with van der Waals surface area (Å²) in [4.78, 5) is 24.0. The summed E-state index contributed by atoms with van der Waals surface area (Å²) >= 11 is 1.41. The normalized spacial score (nSPS) is 10.0. The summed E-state index contributed by atoms with van der Waals surface area (Å²) in [6.07, 6.45) is 0.463. The zero-order chi connectivity index (χ0) is 12.8. The van der Waals surface area contributed by atoms with Crippen molar-refractivity contribution in [2.75, 3.05) is 5.32 Å². The fourth-order valence-corrected chi connectivity index (χ4v) is 2.23. The second-order valence-electron chi connectivity index (χ2n) is 3.81. The fourth-order valence-electron chi connectivity index (χ4n) is 1.53. The molecule has 0 saturated heterocycles. The number of thiophene rings is 1. The third kappa shape index (κ3) is 3.53. The van der Waals surface area contributed by atoms with E-state index in [4.69, 9.17) is 0 Å². The number of hydrogen-bond acceptors (Lipinski definition) is 3. The molecule has 1 aromatic carbocycles. The average molecular weight is 259 g/mol. The summed E-state index contributed by atoms with van der Waals surface area (Å²) < 4.78 is 0. The summed E-state index contributed by atoms with van der Waals surface area (Å²) in [6.45, 7) is 0. The van der Waals surface area contributed by atoms with Gasteiger partial charge < -0.3 is 5.32 Å². The molecule has 1 N–H and O–H groups in total. The molecule has 1 heterocycles. The minimum absolute atomic E-state index is 0.0215. The van der Waals surface area contributed by atoms with Gasteiger partial charge in [0.05, 0.1) is 4.88 Å². The molecule has 18 heavy (non-hydrogen) atoms. The number of carbonyl (C=O) groups is 2. The first-order valence-corrected chi connectivity index (χ1v) is 6.55. The Hall–Kier alpha value is -1.94. The number of benzene rings is 1. The van der Waals surface area contributed by atoms with Gasteiger partial charge in [-0.2, -0.15) is 0 Å². The van der Waals surface area contributed by atoms with Gasteiger partial charge in [0.25, 0.3) is 0 Å². The highest BCUT2D eigenvalue weighted by Gasteiger charge is 2.09. The van der Waals surface area contributed by atoms with Crippen LogP contribution in [-0.4, -0.2) is 11.7 Å². The Bertz CT molecular complexity index is 520. The molecule has 0 atom stereocenters. The molecule has 0 aliphatic carbocycles. The maximum absolute atomic E-state index is 11.7. The van der Waals surface area contributed by atoms with E-state index in [0.29, 0.717) is 4.88 Å². The van der Waals surface area contributed by atoms with Gasteiger partial charge in [0, 0.05) is 18.5 Å². The second-order valence-corrected chi connectivity index (χ2v) is 4.76. The molecule has 0 fully saturated rings. The van der Waals surface area contributed by atoms with Gasteiger partial charge in [-0.25, -0.2) is 0 Å². The lowest BCUT2D eigenvalue weighted by atomic mass is 10.2. The van der Waals surface area contributed by atoms with Gasteiger partial charge >= 0.3 is 0 Å². The van der Waals surface area contributed by atoms with Crippen molar-refractivity contribution < 1.29 is 9.59 Å². The quantitative estimate of drug-likeness (QED) is 0.837. The predicted molar refractivity (Wildman–Crippen MR) is 73.0 cm³/mol. The number of nitrogens with one attached hydrogen (secondary N) is 1. The number of ketones is 1. The van der Waals surface area contributed by atoms with Gasteiger partial charge in [0.15, 0.2) is 5.78 Å². The Kier molecular flexibility index (Phi) is 4.25. The monoisotopic (exact) mass is 259 g/mol. The predicted octanol–water partition coefficient (Wildman–Crippen LogP) is 3.35. The molecular formula is C14H13NO2S. The highest BCUT2D eigenvalue weighted by atomic mass is 32.1. The second kappa shape index (κ2) is 6.12. The Morgan fingerprint density at radius 1 is 1.00 bits per heavy atom. The van der Waals surface area contributed by atoms with E-state index in [2.05, 4.69) is 5.32 Å². The van der Waals surface area contributed by atoms with Gasteiger partial charge in [-0.3, -0.25) is 9.59 Å². The maximum atomic E-state index is 11.7. The van der Waals surface area contributed by atoms with Crippen LogP contribution >= 0.6 is 11.3 Å². The Morgan fingerprint density at radius 2 is 1.78 bits per heavy atom. The molecule has 2 aromatic rings. The molecule has 92 valence electrons. The van der Waals surface area contributed by atoms with Crippen molar-refractivity contribution in [1.82, 2.24) is 0 Å². The molecule has 0 spiro atoms. The first-order chi connectivity index (χ1) is 8.75. The molecule has 2 rings (SSSR count). The molecule has 3 nitrogen and oxygen atoms in total. The Morgan fingerprint density at radius 3 is 2.44 bits per heavy atom. The highest BCUT2D eigenvalue weighted by molar-refractivity contribution is 7.12. The molecule has 1 amide bonds. The first-order valence-electron chi connectivity index (χ1n) is 5.67. The largest absolute Gasteiger partial charge is 0.326 e. The highest BCUT2D eigenvalue weighted by Crippen LogP contribution is 2.13. The van der Waals surface area contributed by atoms with Crippen molar-refractivity contribution in [1.29, 1.82) is 0 Å². The van der Waals surface area contributed by atoms with E-state index in [-0.39, 0.29) is 24.5 Å². The SMILES string of the molecule is O=C(CCC(=O)c1cccs1)Nc1ccccc1. The molecule has 0 bridgehead atoms. The van der Waals surface area contributed by atoms with Crippen LogP contribution in [0.2, 0.25) is 0 Å². The number of rotatable bonds is 5. The van der Waals surface area contributed by atoms with Crippen molar-refractivity contribution in [2.24, 2.45) is 0 Å². The van der Waals surface area contributed by atoms with Gasteiger partial charge in [0.2, 0.25) is 5.91 Å². The number of Topliss-reactive ketones (excluding diaryl/α,β-unsaturated/α-hetero) is 1. The van der Waals surface area contributed by atoms with Crippen LogP contribution in [0.3, 0.4) is 0 Å². The summed E-state index contributed by atoms with van der Waals surface area (Å²) in [5.74, 6) is -0.112. The van der Waals surface area contributed by atoms with E-state index in [9.17, 15) is 9.59 Å². The molecular weight excluding hydrogens is 246 g/mol. The number of para-hydroxylation sites is 1. The molecule has 0 saturated carbocycles. The van der Waals surface area contributed by atoms with Crippen molar-refractivity contribution in [3.8, 4) is 0 Å². The molecule has 0 unspecified atom stereocenters. The van der Waals surface area contributed by atoms with Gasteiger partial charge in [-0.1, -0.05) is 24.3 Å². The molecule has 0 radical (unpaired) electrons. The maximum Gasteiger partial charge on any atom is 0.224 e. The minimum atomic E-state index is -0.133. The van der Waals surface area contributed by atoms with E-state index < -0.39 is 0 Å². The lowest BCUT2D eigenvalue weighted by Gasteiger charge is -2.03. The van der Waals surface area contributed by atoms with Crippen molar-refractivity contribution in [3.05, 3.63) is 52.7 Å². The molecule has 4 heteroatoms. The van der Waals surface area contributed by atoms with Crippen LogP contribution < -0.4 is 5.32 Å². The third-order valence-corrected chi connectivity index (χ3v) is 3.34. The van der Waals surface area contributed by atoms with Gasteiger partial charge in [-0.05, 0) is 23.6 Å². The summed E-state index contributed by atoms with van der Waals surface area (Å²) in [5.41, 5.74) is 0.756. The van der Waals surface area contributed by atoms with Crippen LogP contribution in [0.4, 0.5) is 5.69 Å². The van der Waals surface area contributed by atoms with Crippen LogP contribution in [0.15, 0.2) is 47.8 Å². The minimum Gasteiger partial charge on any atom is -0.326 e. The summed E-state index contributed by atoms with van der Waals surface area (Å²) in [7, 11) is 0. The van der Waals surface area contributed by atoms with E-state index in [1.807, 2.05) is 41.8 Å². The fraction of sp³-hybridized carbons (Fsp3) is 0.143. The topological polar surface area (TPSA) is 46.2 Å². The zero-order valence-electron chi connectivity index (χ0n) is 9.76. The van der Waals surface area contributed by atoms with E-state index >= 15 is 0 Å². The summed E-state index contributed by atoms with van der Waals surface area (Å²) in [6, 6.07) is 12.8. The Labute approximate surface area is 109 Å². The van der Waals surface area contributed by atoms with Crippen molar-refractivity contribution in [2.45, 2.75) is 12.8 Å². The lowest BCUT2D eigenvalue weighted by molar-refractivity contribution is -0.116. The van der Waals surface area contributed by atoms with E-state index in [0.717, 1.165) is 5.69 Å². The average Bonchev–Trinajstić information content (AvgIpc) is 2.91. The van der Waals surface area contributed by atoms with Crippen molar-refractivity contribution >= 4 is 28.7 Å². The van der Waals surface area contributed by atoms with Gasteiger partial charge in [0.1, 0.15) is 0 Å². The van der Waals surface area contributed by atoms with Crippen LogP contribution in [0.1, 0.15) is 22.5 Å². The van der Waals surface area contributed by atoms with E-state index in [1.54, 1.807) is 6.07 Å². The van der Waals surface area contributed by atoms with E-state index in [1.165, 1.54) is 11.3 Å². The van der Waals surface area contributed by atoms with Gasteiger partial charge in [-0.15, -0.1) is 11.3 Å². The molecule has 1 aromatic heterocycles. The smallest absolute Gasteiger partial charge is 0.224 e. The van der Waals surface area contributed by atoms with Crippen LogP contribution in [0, 0.1) is 0 Å². The van der Waals surface area contributed by atoms with Crippen molar-refractivity contribution in [3.63, 3.8) is 0 Å². The third-order valence-electron chi connectivity index (χ3n) is 2.43. The number of anilines is 1. The first kappa shape index (κ1) is 12.5. The molecule has 0 aliphatic heterocycles. The number of carbonyl (C=O) groups excluding carboxylic acids is 2. The lowest BCUT2D eigenvalue weighted by Crippen LogP contribution is -2.13. The summed E-state index contributed by atoms with van der Waals surface area (Å²) in [5, 5.41) is 4.61. The van der Waals surface area contributed by atoms with Crippen LogP contribution in [0.5, 0.6) is 0 Å². The van der Waals surface area contributed by atoms with Crippen LogP contribution in [-0.2, 0) is 4.79 Å². The standard InChI is InChI=1S/C14H13NO2S/c16-12(13-7-4-10-18-13)8-9-14(17)15-11-5-2-1-3-6-11/h1-7,10H,8-9H2,(H,15,17). The van der Waals surface area contributed by atoms with Crippen LogP contribution in [0.25, 0.3) is 0 Å². The Balaban J connectivity index is 1.80. The zero-order valence-corrected chi connectivity index (χ0v) is 10.6. The number of amides is 1. The number of hydrogen-bond donors (Lipinski definition) is 1. The molecule has 0 aliphatic rings.